The summed E-state index contributed by atoms with van der Waals surface area (Å²) in [5.41, 5.74) is 2.42. The molecular formula is C30H35N5O6. The molecule has 3 N–H and O–H groups in total. The molecule has 0 bridgehead atoms. The average Bonchev–Trinajstić information content (AvgIpc) is 3.43. The molecule has 216 valence electrons. The van der Waals surface area contributed by atoms with E-state index >= 15 is 0 Å². The molecule has 11 heteroatoms. The number of nitrogens with zero attached hydrogens (tertiary/aromatic N) is 3. The molecule has 0 radical (unpaired) electrons. The molecule has 3 heterocycles. The molecule has 0 unspecified atom stereocenters. The highest BCUT2D eigenvalue weighted by Crippen LogP contribution is 2.34. The van der Waals surface area contributed by atoms with Crippen LogP contribution >= 0.6 is 0 Å². The third-order valence-corrected chi connectivity index (χ3v) is 7.25. The van der Waals surface area contributed by atoms with Crippen molar-refractivity contribution < 1.29 is 28.9 Å². The molecule has 3 atom stereocenters. The molecule has 3 amide bonds. The Morgan fingerprint density at radius 3 is 2.49 bits per heavy atom. The Morgan fingerprint density at radius 1 is 1.07 bits per heavy atom. The van der Waals surface area contributed by atoms with Crippen molar-refractivity contribution in [3.8, 4) is 17.2 Å². The van der Waals surface area contributed by atoms with Gasteiger partial charge in [-0.15, -0.1) is 0 Å². The lowest BCUT2D eigenvalue weighted by Gasteiger charge is -2.38. The SMILES string of the molecule is C[C@@H]1CN([C@@H](C)CO)C(=O)c2cc(NC(=O)Nc3ccc4c(c3)OCO4)ccc2O[C@H]1CN(C)Cc1ccncc1. The first kappa shape index (κ1) is 28.2. The van der Waals surface area contributed by atoms with Gasteiger partial charge in [0.2, 0.25) is 6.79 Å². The van der Waals surface area contributed by atoms with E-state index in [1.54, 1.807) is 53.7 Å². The number of aromatic nitrogens is 1. The number of hydrogen-bond acceptors (Lipinski definition) is 8. The Hall–Kier alpha value is -4.35. The quantitative estimate of drug-likeness (QED) is 0.379. The summed E-state index contributed by atoms with van der Waals surface area (Å²) < 4.78 is 17.2. The molecule has 0 saturated carbocycles. The summed E-state index contributed by atoms with van der Waals surface area (Å²) in [6.07, 6.45) is 3.32. The fraction of sp³-hybridized carbons (Fsp3) is 0.367. The van der Waals surface area contributed by atoms with Crippen molar-refractivity contribution in [1.82, 2.24) is 14.8 Å². The molecule has 1 aromatic heterocycles. The third-order valence-electron chi connectivity index (χ3n) is 7.25. The molecule has 0 saturated heterocycles. The topological polar surface area (TPSA) is 125 Å². The van der Waals surface area contributed by atoms with Crippen molar-refractivity contribution in [3.63, 3.8) is 0 Å². The van der Waals surface area contributed by atoms with Gasteiger partial charge in [-0.3, -0.25) is 14.7 Å². The maximum Gasteiger partial charge on any atom is 0.323 e. The monoisotopic (exact) mass is 561 g/mol. The number of carbonyl (C=O) groups is 2. The summed E-state index contributed by atoms with van der Waals surface area (Å²) >= 11 is 0. The Bertz CT molecular complexity index is 1390. The standard InChI is InChI=1S/C30H35N5O6/c1-19-14-35(20(2)17-36)29(37)24-12-22(32-30(38)33-23-5-7-26-27(13-23)40-18-39-26)4-6-25(24)41-28(19)16-34(3)15-21-8-10-31-11-9-21/h4-13,19-20,28,36H,14-18H2,1-3H3,(H2,32,33,38)/t19-,20+,28+/m1/s1. The van der Waals surface area contributed by atoms with Crippen molar-refractivity contribution in [2.45, 2.75) is 32.5 Å². The second-order valence-corrected chi connectivity index (χ2v) is 10.5. The highest BCUT2D eigenvalue weighted by atomic mass is 16.7. The van der Waals surface area contributed by atoms with Gasteiger partial charge in [-0.05, 0) is 62.0 Å². The van der Waals surface area contributed by atoms with E-state index in [4.69, 9.17) is 14.2 Å². The van der Waals surface area contributed by atoms with Crippen LogP contribution in [0.15, 0.2) is 60.9 Å². The first-order chi connectivity index (χ1) is 19.8. The van der Waals surface area contributed by atoms with Crippen LogP contribution in [0.3, 0.4) is 0 Å². The number of anilines is 2. The number of pyridine rings is 1. The van der Waals surface area contributed by atoms with Gasteiger partial charge < -0.3 is 34.9 Å². The van der Waals surface area contributed by atoms with Crippen LogP contribution in [-0.4, -0.2) is 77.5 Å². The van der Waals surface area contributed by atoms with Gasteiger partial charge in [0.1, 0.15) is 11.9 Å². The fourth-order valence-electron chi connectivity index (χ4n) is 4.96. The molecule has 5 rings (SSSR count). The number of rotatable bonds is 8. The number of nitrogens with one attached hydrogen (secondary N) is 2. The van der Waals surface area contributed by atoms with Crippen molar-refractivity contribution in [2.75, 3.05) is 44.2 Å². The molecular weight excluding hydrogens is 526 g/mol. The van der Waals surface area contributed by atoms with Gasteiger partial charge in [0, 0.05) is 55.4 Å². The first-order valence-corrected chi connectivity index (χ1v) is 13.6. The van der Waals surface area contributed by atoms with E-state index in [9.17, 15) is 14.7 Å². The van der Waals surface area contributed by atoms with Crippen molar-refractivity contribution in [2.24, 2.45) is 5.92 Å². The minimum atomic E-state index is -0.479. The number of benzene rings is 2. The van der Waals surface area contributed by atoms with E-state index in [0.717, 1.165) is 12.1 Å². The van der Waals surface area contributed by atoms with Crippen LogP contribution in [0.2, 0.25) is 0 Å². The van der Waals surface area contributed by atoms with Crippen LogP contribution in [0, 0.1) is 5.92 Å². The molecule has 0 fully saturated rings. The van der Waals surface area contributed by atoms with Gasteiger partial charge in [-0.2, -0.15) is 0 Å². The number of hydrogen-bond donors (Lipinski definition) is 3. The van der Waals surface area contributed by atoms with Gasteiger partial charge in [0.25, 0.3) is 5.91 Å². The zero-order valence-corrected chi connectivity index (χ0v) is 23.4. The molecule has 3 aromatic rings. The lowest BCUT2D eigenvalue weighted by atomic mass is 9.99. The van der Waals surface area contributed by atoms with Crippen LogP contribution in [0.1, 0.15) is 29.8 Å². The molecule has 2 aliphatic heterocycles. The Balaban J connectivity index is 1.34. The number of aliphatic hydroxyl groups excluding tert-OH is 1. The van der Waals surface area contributed by atoms with Crippen LogP contribution < -0.4 is 24.8 Å². The number of urea groups is 1. The number of amides is 3. The third kappa shape index (κ3) is 6.69. The summed E-state index contributed by atoms with van der Waals surface area (Å²) in [7, 11) is 2.03. The largest absolute Gasteiger partial charge is 0.488 e. The lowest BCUT2D eigenvalue weighted by molar-refractivity contribution is 0.0341. The van der Waals surface area contributed by atoms with Crippen LogP contribution in [0.25, 0.3) is 0 Å². The van der Waals surface area contributed by atoms with E-state index in [2.05, 4.69) is 27.4 Å². The Labute approximate surface area is 239 Å². The van der Waals surface area contributed by atoms with Crippen molar-refractivity contribution in [1.29, 1.82) is 0 Å². The normalized spacial score (nSPS) is 18.7. The van der Waals surface area contributed by atoms with E-state index in [0.29, 0.717) is 47.3 Å². The number of likely N-dealkylation sites (N-methyl/N-ethyl adjacent to an activating group) is 1. The van der Waals surface area contributed by atoms with Crippen molar-refractivity contribution in [3.05, 3.63) is 72.1 Å². The average molecular weight is 562 g/mol. The summed E-state index contributed by atoms with van der Waals surface area (Å²) in [5, 5.41) is 15.5. The van der Waals surface area contributed by atoms with E-state index in [-0.39, 0.29) is 31.3 Å². The fourth-order valence-corrected chi connectivity index (χ4v) is 4.96. The van der Waals surface area contributed by atoms with Gasteiger partial charge >= 0.3 is 6.03 Å². The van der Waals surface area contributed by atoms with Gasteiger partial charge in [0.15, 0.2) is 11.5 Å². The second-order valence-electron chi connectivity index (χ2n) is 10.5. The molecule has 0 spiro atoms. The van der Waals surface area contributed by atoms with Gasteiger partial charge in [-0.1, -0.05) is 6.92 Å². The summed E-state index contributed by atoms with van der Waals surface area (Å²) in [6.45, 7) is 5.60. The second kappa shape index (κ2) is 12.4. The molecule has 41 heavy (non-hydrogen) atoms. The van der Waals surface area contributed by atoms with Crippen LogP contribution in [0.4, 0.5) is 16.2 Å². The van der Waals surface area contributed by atoms with Crippen LogP contribution in [0.5, 0.6) is 17.2 Å². The maximum absolute atomic E-state index is 13.7. The molecule has 2 aromatic carbocycles. The van der Waals surface area contributed by atoms with E-state index in [1.165, 1.54) is 0 Å². The predicted molar refractivity (Wildman–Crippen MR) is 153 cm³/mol. The van der Waals surface area contributed by atoms with E-state index < -0.39 is 12.1 Å². The van der Waals surface area contributed by atoms with E-state index in [1.807, 2.05) is 26.1 Å². The number of ether oxygens (including phenoxy) is 3. The number of aliphatic hydroxyl groups is 1. The van der Waals surface area contributed by atoms with Gasteiger partial charge in [0.05, 0.1) is 18.2 Å². The highest BCUT2D eigenvalue weighted by Gasteiger charge is 2.33. The first-order valence-electron chi connectivity index (χ1n) is 13.6. The zero-order chi connectivity index (χ0) is 28.9. The molecule has 11 nitrogen and oxygen atoms in total. The highest BCUT2D eigenvalue weighted by molar-refractivity contribution is 6.02. The maximum atomic E-state index is 13.7. The predicted octanol–water partition coefficient (Wildman–Crippen LogP) is 3.81. The Morgan fingerprint density at radius 2 is 1.76 bits per heavy atom. The smallest absolute Gasteiger partial charge is 0.323 e. The lowest BCUT2D eigenvalue weighted by Crippen LogP contribution is -2.49. The summed E-state index contributed by atoms with van der Waals surface area (Å²) in [6, 6.07) is 13.2. The van der Waals surface area contributed by atoms with Gasteiger partial charge in [-0.25, -0.2) is 4.79 Å². The summed E-state index contributed by atoms with van der Waals surface area (Å²) in [4.78, 5) is 34.4. The zero-order valence-electron chi connectivity index (χ0n) is 23.4. The molecule has 0 aliphatic carbocycles. The molecule has 2 aliphatic rings. The van der Waals surface area contributed by atoms with Crippen LogP contribution in [-0.2, 0) is 6.54 Å². The minimum absolute atomic E-state index is 0.00808. The summed E-state index contributed by atoms with van der Waals surface area (Å²) in [5.74, 6) is 1.33. The minimum Gasteiger partial charge on any atom is -0.488 e. The van der Waals surface area contributed by atoms with Crippen molar-refractivity contribution >= 4 is 23.3 Å². The number of carbonyl (C=O) groups excluding carboxylic acids is 2. The Kier molecular flexibility index (Phi) is 8.55. The number of fused-ring (bicyclic) bond motifs is 2.